The molecular formula is C19H20F3N5O2S. The van der Waals surface area contributed by atoms with Crippen molar-refractivity contribution in [2.75, 3.05) is 13.1 Å². The Labute approximate surface area is 171 Å². The molecule has 0 aromatic carbocycles. The molecule has 0 aliphatic carbocycles. The molecular weight excluding hydrogens is 419 g/mol. The van der Waals surface area contributed by atoms with E-state index in [1.54, 1.807) is 19.1 Å². The molecule has 11 heteroatoms. The lowest BCUT2D eigenvalue weighted by atomic mass is 9.95. The van der Waals surface area contributed by atoms with Gasteiger partial charge < -0.3 is 0 Å². The maximum absolute atomic E-state index is 13.5. The first kappa shape index (κ1) is 20.7. The number of fused-ring (bicyclic) bond motifs is 1. The SMILES string of the molecule is CCc1cc(C(F)(F)F)n2nc(C3CCN(S(=O)(=O)c4cccnc4)CC3)cc2n1. The first-order chi connectivity index (χ1) is 14.2. The van der Waals surface area contributed by atoms with Crippen molar-refractivity contribution in [2.45, 2.75) is 43.2 Å². The molecule has 1 saturated heterocycles. The van der Waals surface area contributed by atoms with Crippen molar-refractivity contribution in [3.8, 4) is 0 Å². The fourth-order valence-corrected chi connectivity index (χ4v) is 5.10. The molecule has 1 aliphatic rings. The zero-order chi connectivity index (χ0) is 21.5. The van der Waals surface area contributed by atoms with E-state index in [9.17, 15) is 21.6 Å². The molecule has 160 valence electrons. The number of nitrogens with zero attached hydrogens (tertiary/aromatic N) is 5. The number of alkyl halides is 3. The number of aromatic nitrogens is 4. The van der Waals surface area contributed by atoms with Crippen molar-refractivity contribution in [1.82, 2.24) is 23.9 Å². The Hall–Kier alpha value is -2.53. The molecule has 30 heavy (non-hydrogen) atoms. The number of hydrogen-bond acceptors (Lipinski definition) is 5. The lowest BCUT2D eigenvalue weighted by Gasteiger charge is -2.30. The summed E-state index contributed by atoms with van der Waals surface area (Å²) < 4.78 is 68.1. The molecule has 0 amide bonds. The monoisotopic (exact) mass is 439 g/mol. The van der Waals surface area contributed by atoms with Crippen LogP contribution in [0.5, 0.6) is 0 Å². The predicted molar refractivity (Wildman–Crippen MR) is 102 cm³/mol. The smallest absolute Gasteiger partial charge is 0.263 e. The highest BCUT2D eigenvalue weighted by atomic mass is 32.2. The van der Waals surface area contributed by atoms with Crippen LogP contribution in [0.15, 0.2) is 41.6 Å². The van der Waals surface area contributed by atoms with E-state index in [-0.39, 0.29) is 29.6 Å². The Morgan fingerprint density at radius 2 is 1.93 bits per heavy atom. The summed E-state index contributed by atoms with van der Waals surface area (Å²) >= 11 is 0. The first-order valence-electron chi connectivity index (χ1n) is 9.57. The molecule has 0 atom stereocenters. The Bertz CT molecular complexity index is 1150. The van der Waals surface area contributed by atoms with Crippen LogP contribution in [0.3, 0.4) is 0 Å². The number of piperidine rings is 1. The zero-order valence-corrected chi connectivity index (χ0v) is 17.0. The van der Waals surface area contributed by atoms with E-state index in [0.29, 0.717) is 30.7 Å². The molecule has 3 aromatic heterocycles. The second-order valence-corrected chi connectivity index (χ2v) is 9.13. The van der Waals surface area contributed by atoms with Crippen molar-refractivity contribution in [1.29, 1.82) is 0 Å². The standard InChI is InChI=1S/C19H20F3N5O2S/c1-2-14-10-17(19(20,21)22)27-18(24-14)11-16(25-27)13-5-8-26(9-6-13)30(28,29)15-4-3-7-23-12-15/h3-4,7,10-13H,2,5-6,8-9H2,1H3. The number of hydrogen-bond donors (Lipinski definition) is 0. The van der Waals surface area contributed by atoms with Crippen LogP contribution in [-0.2, 0) is 22.6 Å². The van der Waals surface area contributed by atoms with Crippen LogP contribution in [0.2, 0.25) is 0 Å². The van der Waals surface area contributed by atoms with Gasteiger partial charge in [0, 0.05) is 43.2 Å². The number of halogens is 3. The average molecular weight is 439 g/mol. The van der Waals surface area contributed by atoms with Crippen molar-refractivity contribution < 1.29 is 21.6 Å². The molecule has 7 nitrogen and oxygen atoms in total. The topological polar surface area (TPSA) is 80.5 Å². The highest BCUT2D eigenvalue weighted by molar-refractivity contribution is 7.89. The van der Waals surface area contributed by atoms with Crippen LogP contribution in [0.1, 0.15) is 42.8 Å². The molecule has 0 saturated carbocycles. The lowest BCUT2D eigenvalue weighted by molar-refractivity contribution is -0.142. The van der Waals surface area contributed by atoms with Gasteiger partial charge in [0.15, 0.2) is 5.65 Å². The summed E-state index contributed by atoms with van der Waals surface area (Å²) in [6.07, 6.45) is -0.433. The molecule has 4 rings (SSSR count). The van der Waals surface area contributed by atoms with Crippen LogP contribution in [0.4, 0.5) is 13.2 Å². The lowest BCUT2D eigenvalue weighted by Crippen LogP contribution is -2.38. The van der Waals surface area contributed by atoms with Crippen LogP contribution in [-0.4, -0.2) is 45.4 Å². The first-order valence-corrected chi connectivity index (χ1v) is 11.0. The number of aryl methyl sites for hydroxylation is 1. The Balaban J connectivity index is 1.58. The van der Waals surface area contributed by atoms with Crippen LogP contribution >= 0.6 is 0 Å². The fraction of sp³-hybridized carbons (Fsp3) is 0.421. The molecule has 1 fully saturated rings. The van der Waals surface area contributed by atoms with Crippen molar-refractivity contribution in [2.24, 2.45) is 0 Å². The highest BCUT2D eigenvalue weighted by Crippen LogP contribution is 2.33. The summed E-state index contributed by atoms with van der Waals surface area (Å²) in [6.45, 7) is 2.26. The normalized spacial score (nSPS) is 16.9. The zero-order valence-electron chi connectivity index (χ0n) is 16.2. The molecule has 0 unspecified atom stereocenters. The van der Waals surface area contributed by atoms with Crippen LogP contribution in [0.25, 0.3) is 5.65 Å². The molecule has 4 heterocycles. The van der Waals surface area contributed by atoms with Gasteiger partial charge in [-0.2, -0.15) is 22.6 Å². The van der Waals surface area contributed by atoms with Gasteiger partial charge in [0.1, 0.15) is 10.6 Å². The van der Waals surface area contributed by atoms with Crippen LogP contribution < -0.4 is 0 Å². The minimum Gasteiger partial charge on any atom is -0.263 e. The third kappa shape index (κ3) is 3.79. The third-order valence-corrected chi connectivity index (χ3v) is 7.18. The summed E-state index contributed by atoms with van der Waals surface area (Å²) in [7, 11) is -3.64. The Morgan fingerprint density at radius 1 is 1.20 bits per heavy atom. The summed E-state index contributed by atoms with van der Waals surface area (Å²) in [5.41, 5.74) is 0.146. The summed E-state index contributed by atoms with van der Waals surface area (Å²) in [4.78, 5) is 8.25. The average Bonchev–Trinajstić information content (AvgIpc) is 3.17. The van der Waals surface area contributed by atoms with E-state index >= 15 is 0 Å². The maximum Gasteiger partial charge on any atom is 0.433 e. The number of pyridine rings is 1. The van der Waals surface area contributed by atoms with E-state index in [0.717, 1.165) is 10.6 Å². The van der Waals surface area contributed by atoms with Gasteiger partial charge in [-0.1, -0.05) is 6.92 Å². The Kier molecular flexibility index (Phi) is 5.27. The second-order valence-electron chi connectivity index (χ2n) is 7.19. The van der Waals surface area contributed by atoms with Gasteiger partial charge in [-0.3, -0.25) is 4.98 Å². The van der Waals surface area contributed by atoms with Gasteiger partial charge in [0.05, 0.1) is 5.69 Å². The van der Waals surface area contributed by atoms with Crippen molar-refractivity contribution >= 4 is 15.7 Å². The van der Waals surface area contributed by atoms with E-state index in [1.165, 1.54) is 22.8 Å². The van der Waals surface area contributed by atoms with E-state index < -0.39 is 21.9 Å². The van der Waals surface area contributed by atoms with Gasteiger partial charge in [0.25, 0.3) is 0 Å². The molecule has 1 aliphatic heterocycles. The van der Waals surface area contributed by atoms with Crippen molar-refractivity contribution in [3.63, 3.8) is 0 Å². The third-order valence-electron chi connectivity index (χ3n) is 5.30. The highest BCUT2D eigenvalue weighted by Gasteiger charge is 2.36. The van der Waals surface area contributed by atoms with E-state index in [1.807, 2.05) is 0 Å². The summed E-state index contributed by atoms with van der Waals surface area (Å²) in [6, 6.07) is 5.65. The van der Waals surface area contributed by atoms with Gasteiger partial charge in [-0.15, -0.1) is 0 Å². The number of sulfonamides is 1. The maximum atomic E-state index is 13.5. The Morgan fingerprint density at radius 3 is 2.53 bits per heavy atom. The largest absolute Gasteiger partial charge is 0.433 e. The van der Waals surface area contributed by atoms with Gasteiger partial charge >= 0.3 is 6.18 Å². The van der Waals surface area contributed by atoms with Crippen molar-refractivity contribution in [3.05, 3.63) is 53.7 Å². The predicted octanol–water partition coefficient (Wildman–Crippen LogP) is 3.27. The van der Waals surface area contributed by atoms with E-state index in [4.69, 9.17) is 0 Å². The quantitative estimate of drug-likeness (QED) is 0.623. The van der Waals surface area contributed by atoms with Gasteiger partial charge in [0.2, 0.25) is 10.0 Å². The van der Waals surface area contributed by atoms with Gasteiger partial charge in [-0.05, 0) is 37.5 Å². The minimum absolute atomic E-state index is 0.127. The number of rotatable bonds is 4. The second kappa shape index (κ2) is 7.62. The fourth-order valence-electron chi connectivity index (χ4n) is 3.67. The van der Waals surface area contributed by atoms with Gasteiger partial charge in [-0.25, -0.2) is 17.9 Å². The molecule has 0 N–H and O–H groups in total. The van der Waals surface area contributed by atoms with E-state index in [2.05, 4.69) is 15.1 Å². The summed E-state index contributed by atoms with van der Waals surface area (Å²) in [5.74, 6) is -0.141. The minimum atomic E-state index is -4.55. The molecule has 0 spiro atoms. The molecule has 0 radical (unpaired) electrons. The molecule has 0 bridgehead atoms. The molecule has 3 aromatic rings. The summed E-state index contributed by atoms with van der Waals surface area (Å²) in [5, 5.41) is 4.18. The van der Waals surface area contributed by atoms with Crippen LogP contribution in [0, 0.1) is 0 Å².